The minimum absolute atomic E-state index is 0.0000586. The van der Waals surface area contributed by atoms with E-state index in [0.717, 1.165) is 23.8 Å². The lowest BCUT2D eigenvalue weighted by atomic mass is 10.2. The third-order valence-electron chi connectivity index (χ3n) is 3.84. The first-order chi connectivity index (χ1) is 14.7. The Balaban J connectivity index is 1.76. The van der Waals surface area contributed by atoms with Crippen LogP contribution in [0, 0.1) is 12.7 Å². The summed E-state index contributed by atoms with van der Waals surface area (Å²) in [6.45, 7) is 1.95. The number of aromatic nitrogens is 3. The lowest BCUT2D eigenvalue weighted by Crippen LogP contribution is -2.15. The number of nitrogens with zero attached hydrogens (tertiary/aromatic N) is 3. The second kappa shape index (κ2) is 9.22. The minimum Gasteiger partial charge on any atom is -0.489 e. The molecule has 0 atom stereocenters. The lowest BCUT2D eigenvalue weighted by molar-refractivity contribution is -0.141. The van der Waals surface area contributed by atoms with Crippen LogP contribution in [0.15, 0.2) is 30.6 Å². The van der Waals surface area contributed by atoms with Crippen LogP contribution in [0.4, 0.5) is 34.1 Å². The number of rotatable bonds is 7. The molecule has 0 radical (unpaired) electrons. The van der Waals surface area contributed by atoms with Crippen LogP contribution in [-0.4, -0.2) is 33.4 Å². The third-order valence-corrected chi connectivity index (χ3v) is 4.69. The molecule has 0 fully saturated rings. The Morgan fingerprint density at radius 1 is 1.26 bits per heavy atom. The molecule has 1 amide bonds. The van der Waals surface area contributed by atoms with Crippen LogP contribution < -0.4 is 21.1 Å². The fraction of sp³-hybridized carbons (Fsp3) is 0.222. The Morgan fingerprint density at radius 2 is 2.03 bits per heavy atom. The van der Waals surface area contributed by atoms with Crippen molar-refractivity contribution in [3.63, 3.8) is 0 Å². The number of hydrogen-bond donors (Lipinski definition) is 3. The van der Waals surface area contributed by atoms with Crippen LogP contribution in [0.1, 0.15) is 21.7 Å². The van der Waals surface area contributed by atoms with Crippen molar-refractivity contribution in [2.24, 2.45) is 5.73 Å². The summed E-state index contributed by atoms with van der Waals surface area (Å²) in [5.41, 5.74) is 4.85. The van der Waals surface area contributed by atoms with E-state index in [9.17, 15) is 22.4 Å². The molecule has 0 spiro atoms. The van der Waals surface area contributed by atoms with Gasteiger partial charge in [-0.1, -0.05) is 0 Å². The molecule has 0 unspecified atom stereocenters. The maximum Gasteiger partial charge on any atom is 0.434 e. The SMILES string of the molecule is Cc1nsc(Nc2cnc(C(F)(F)F)cn2)c1C(=O)Nc1ccc(OCCN)c(F)c1. The second-order valence-corrected chi connectivity index (χ2v) is 6.89. The summed E-state index contributed by atoms with van der Waals surface area (Å²) in [7, 11) is 0. The number of aryl methyl sites for hydroxylation is 1. The minimum atomic E-state index is -4.61. The molecule has 0 saturated heterocycles. The molecular formula is C18H16F4N6O2S. The van der Waals surface area contributed by atoms with Crippen molar-refractivity contribution in [1.82, 2.24) is 14.3 Å². The Morgan fingerprint density at radius 3 is 2.65 bits per heavy atom. The first kappa shape index (κ1) is 22.4. The van der Waals surface area contributed by atoms with Gasteiger partial charge in [0, 0.05) is 18.3 Å². The highest BCUT2D eigenvalue weighted by atomic mass is 32.1. The van der Waals surface area contributed by atoms with Crippen molar-refractivity contribution < 1.29 is 27.1 Å². The second-order valence-electron chi connectivity index (χ2n) is 6.12. The van der Waals surface area contributed by atoms with Gasteiger partial charge in [0.05, 0.1) is 23.7 Å². The Kier molecular flexibility index (Phi) is 6.65. The predicted molar refractivity (Wildman–Crippen MR) is 106 cm³/mol. The van der Waals surface area contributed by atoms with E-state index in [1.54, 1.807) is 6.92 Å². The Labute approximate surface area is 177 Å². The van der Waals surface area contributed by atoms with Gasteiger partial charge in [-0.3, -0.25) is 4.79 Å². The first-order valence-corrected chi connectivity index (χ1v) is 9.52. The van der Waals surface area contributed by atoms with E-state index in [0.29, 0.717) is 11.9 Å². The summed E-state index contributed by atoms with van der Waals surface area (Å²) in [5, 5.41) is 5.52. The van der Waals surface area contributed by atoms with Gasteiger partial charge in [-0.05, 0) is 30.6 Å². The number of hydrogen-bond acceptors (Lipinski definition) is 8. The van der Waals surface area contributed by atoms with Gasteiger partial charge in [0.2, 0.25) is 0 Å². The van der Waals surface area contributed by atoms with Gasteiger partial charge in [0.1, 0.15) is 17.4 Å². The average Bonchev–Trinajstić information content (AvgIpc) is 3.07. The van der Waals surface area contributed by atoms with Crippen LogP contribution in [0.2, 0.25) is 0 Å². The molecule has 164 valence electrons. The maximum absolute atomic E-state index is 14.1. The Bertz CT molecular complexity index is 1070. The molecule has 3 rings (SSSR count). The standard InChI is InChI=1S/C18H16F4N6O2S/c1-9-15(16(29)26-10-2-3-12(11(19)6-10)30-5-4-23)17(31-28-9)27-14-8-24-13(7-25-14)18(20,21)22/h2-3,6-8H,4-5,23H2,1H3,(H,25,27)(H,26,29). The molecule has 4 N–H and O–H groups in total. The molecule has 0 bridgehead atoms. The molecular weight excluding hydrogens is 440 g/mol. The zero-order chi connectivity index (χ0) is 22.6. The van der Waals surface area contributed by atoms with Gasteiger partial charge in [0.15, 0.2) is 17.3 Å². The fourth-order valence-corrected chi connectivity index (χ4v) is 3.24. The highest BCUT2D eigenvalue weighted by Gasteiger charge is 2.32. The number of nitrogens with two attached hydrogens (primary N) is 1. The van der Waals surface area contributed by atoms with Crippen LogP contribution in [-0.2, 0) is 6.18 Å². The number of anilines is 3. The molecule has 0 aliphatic rings. The lowest BCUT2D eigenvalue weighted by Gasteiger charge is -2.10. The largest absolute Gasteiger partial charge is 0.489 e. The summed E-state index contributed by atoms with van der Waals surface area (Å²) < 4.78 is 61.2. The van der Waals surface area contributed by atoms with Gasteiger partial charge in [0.25, 0.3) is 5.91 Å². The van der Waals surface area contributed by atoms with Crippen LogP contribution in [0.25, 0.3) is 0 Å². The highest BCUT2D eigenvalue weighted by molar-refractivity contribution is 7.10. The van der Waals surface area contributed by atoms with Crippen molar-refractivity contribution in [3.8, 4) is 5.75 Å². The van der Waals surface area contributed by atoms with Gasteiger partial charge in [-0.2, -0.15) is 17.5 Å². The van der Waals surface area contributed by atoms with E-state index in [-0.39, 0.29) is 41.0 Å². The van der Waals surface area contributed by atoms with Gasteiger partial charge in [-0.15, -0.1) is 0 Å². The van der Waals surface area contributed by atoms with Crippen molar-refractivity contribution in [2.75, 3.05) is 23.8 Å². The normalized spacial score (nSPS) is 11.3. The Hall–Kier alpha value is -3.32. The number of ether oxygens (including phenoxy) is 1. The van der Waals surface area contributed by atoms with Crippen molar-refractivity contribution in [3.05, 3.63) is 53.4 Å². The number of nitrogens with one attached hydrogen (secondary N) is 2. The molecule has 13 heteroatoms. The topological polar surface area (TPSA) is 115 Å². The molecule has 0 aliphatic heterocycles. The van der Waals surface area contributed by atoms with E-state index in [1.807, 2.05) is 0 Å². The van der Waals surface area contributed by atoms with E-state index < -0.39 is 23.6 Å². The van der Waals surface area contributed by atoms with Gasteiger partial charge < -0.3 is 21.1 Å². The van der Waals surface area contributed by atoms with Crippen molar-refractivity contribution >= 4 is 33.9 Å². The number of carbonyl (C=O) groups is 1. The first-order valence-electron chi connectivity index (χ1n) is 8.75. The zero-order valence-electron chi connectivity index (χ0n) is 16.0. The number of halogens is 4. The number of benzene rings is 1. The number of amides is 1. The average molecular weight is 456 g/mol. The van der Waals surface area contributed by atoms with Gasteiger partial charge >= 0.3 is 6.18 Å². The molecule has 0 saturated carbocycles. The summed E-state index contributed by atoms with van der Waals surface area (Å²) in [5.74, 6) is -1.27. The number of alkyl halides is 3. The molecule has 8 nitrogen and oxygen atoms in total. The predicted octanol–water partition coefficient (Wildman–Crippen LogP) is 3.73. The quantitative estimate of drug-likeness (QED) is 0.464. The third kappa shape index (κ3) is 5.44. The molecule has 2 heterocycles. The van der Waals surface area contributed by atoms with Gasteiger partial charge in [-0.25, -0.2) is 14.4 Å². The van der Waals surface area contributed by atoms with Crippen molar-refractivity contribution in [1.29, 1.82) is 0 Å². The maximum atomic E-state index is 14.1. The molecule has 3 aromatic rings. The highest BCUT2D eigenvalue weighted by Crippen LogP contribution is 2.30. The molecule has 31 heavy (non-hydrogen) atoms. The smallest absolute Gasteiger partial charge is 0.434 e. The van der Waals surface area contributed by atoms with Crippen LogP contribution in [0.3, 0.4) is 0 Å². The van der Waals surface area contributed by atoms with E-state index in [2.05, 4.69) is 25.0 Å². The summed E-state index contributed by atoms with van der Waals surface area (Å²) >= 11 is 0.916. The summed E-state index contributed by atoms with van der Waals surface area (Å²) in [4.78, 5) is 19.7. The fourth-order valence-electron chi connectivity index (χ4n) is 2.44. The molecule has 1 aromatic carbocycles. The summed E-state index contributed by atoms with van der Waals surface area (Å²) in [6, 6.07) is 3.90. The van der Waals surface area contributed by atoms with E-state index in [1.165, 1.54) is 12.1 Å². The molecule has 0 aliphatic carbocycles. The summed E-state index contributed by atoms with van der Waals surface area (Å²) in [6.07, 6.45) is -3.14. The van der Waals surface area contributed by atoms with Crippen molar-refractivity contribution in [2.45, 2.75) is 13.1 Å². The zero-order valence-corrected chi connectivity index (χ0v) is 16.8. The molecule has 2 aromatic heterocycles. The van der Waals surface area contributed by atoms with E-state index in [4.69, 9.17) is 10.5 Å². The monoisotopic (exact) mass is 456 g/mol. The van der Waals surface area contributed by atoms with Crippen LogP contribution in [0.5, 0.6) is 5.75 Å². The van der Waals surface area contributed by atoms with E-state index >= 15 is 0 Å². The van der Waals surface area contributed by atoms with Crippen LogP contribution >= 0.6 is 11.5 Å². The number of carbonyl (C=O) groups excluding carboxylic acids is 1.